The van der Waals surface area contributed by atoms with E-state index < -0.39 is 0 Å². The fourth-order valence-corrected chi connectivity index (χ4v) is 2.33. The summed E-state index contributed by atoms with van der Waals surface area (Å²) in [5.41, 5.74) is 1.22. The van der Waals surface area contributed by atoms with Gasteiger partial charge in [-0.15, -0.1) is 0 Å². The van der Waals surface area contributed by atoms with Gasteiger partial charge in [0, 0.05) is 18.7 Å². The second-order valence-electron chi connectivity index (χ2n) is 4.96. The van der Waals surface area contributed by atoms with Crippen LogP contribution in [0.2, 0.25) is 0 Å². The smallest absolute Gasteiger partial charge is 0.126 e. The van der Waals surface area contributed by atoms with Crippen molar-refractivity contribution in [2.24, 2.45) is 0 Å². The van der Waals surface area contributed by atoms with Crippen molar-refractivity contribution in [2.45, 2.75) is 19.9 Å². The number of para-hydroxylation sites is 1. The summed E-state index contributed by atoms with van der Waals surface area (Å²) in [7, 11) is 1.72. The fourth-order valence-electron chi connectivity index (χ4n) is 2.33. The zero-order valence-electron chi connectivity index (χ0n) is 12.8. The summed E-state index contributed by atoms with van der Waals surface area (Å²) in [5.74, 6) is 1.84. The van der Waals surface area contributed by atoms with Crippen LogP contribution in [-0.2, 0) is 6.54 Å². The molecule has 112 valence electrons. The summed E-state index contributed by atoms with van der Waals surface area (Å²) >= 11 is 0. The van der Waals surface area contributed by atoms with Crippen LogP contribution in [0.25, 0.3) is 6.08 Å². The minimum absolute atomic E-state index is 0.889. The molecular weight excluding hydrogens is 262 g/mol. The Bertz CT molecular complexity index is 546. The number of nitrogens with zero attached hydrogens (tertiary/aromatic N) is 1. The molecule has 0 saturated heterocycles. The van der Waals surface area contributed by atoms with Gasteiger partial charge in [-0.3, -0.25) is 4.90 Å². The molecule has 0 aliphatic rings. The standard InChI is InChI=1S/C18H23NO2/c1-3-12-19(13-6-9-17-10-7-14-21-17)15-16-8-4-5-11-18(16)20-2/h4-11,14H,3,12-13,15H2,1-2H3/b9-6+. The second-order valence-corrected chi connectivity index (χ2v) is 4.96. The van der Waals surface area contributed by atoms with Crippen LogP contribution < -0.4 is 4.74 Å². The number of hydrogen-bond donors (Lipinski definition) is 0. The lowest BCUT2D eigenvalue weighted by atomic mass is 10.2. The zero-order valence-corrected chi connectivity index (χ0v) is 12.8. The molecule has 1 aromatic heterocycles. The van der Waals surface area contributed by atoms with Crippen LogP contribution in [-0.4, -0.2) is 25.1 Å². The molecule has 0 bridgehead atoms. The fraction of sp³-hybridized carbons (Fsp3) is 0.333. The molecule has 3 nitrogen and oxygen atoms in total. The first-order valence-electron chi connectivity index (χ1n) is 7.37. The molecule has 2 aromatic rings. The molecule has 1 heterocycles. The summed E-state index contributed by atoms with van der Waals surface area (Å²) in [6.45, 7) is 5.04. The maximum Gasteiger partial charge on any atom is 0.126 e. The third-order valence-electron chi connectivity index (χ3n) is 3.32. The van der Waals surface area contributed by atoms with Crippen molar-refractivity contribution in [3.8, 4) is 5.75 Å². The van der Waals surface area contributed by atoms with Crippen LogP contribution in [0.3, 0.4) is 0 Å². The molecule has 0 atom stereocenters. The first-order chi connectivity index (χ1) is 10.3. The van der Waals surface area contributed by atoms with Gasteiger partial charge >= 0.3 is 0 Å². The third kappa shape index (κ3) is 4.80. The maximum atomic E-state index is 5.43. The van der Waals surface area contributed by atoms with E-state index in [0.29, 0.717) is 0 Å². The average molecular weight is 285 g/mol. The summed E-state index contributed by atoms with van der Waals surface area (Å²) in [6, 6.07) is 12.1. The van der Waals surface area contributed by atoms with Gasteiger partial charge in [-0.25, -0.2) is 0 Å². The number of benzene rings is 1. The predicted octanol–water partition coefficient (Wildman–Crippen LogP) is 4.21. The number of hydrogen-bond acceptors (Lipinski definition) is 3. The third-order valence-corrected chi connectivity index (χ3v) is 3.32. The lowest BCUT2D eigenvalue weighted by Gasteiger charge is -2.21. The van der Waals surface area contributed by atoms with E-state index in [-0.39, 0.29) is 0 Å². The minimum Gasteiger partial charge on any atom is -0.496 e. The monoisotopic (exact) mass is 285 g/mol. The molecule has 0 aliphatic carbocycles. The lowest BCUT2D eigenvalue weighted by Crippen LogP contribution is -2.24. The second kappa shape index (κ2) is 8.32. The highest BCUT2D eigenvalue weighted by Crippen LogP contribution is 2.19. The van der Waals surface area contributed by atoms with Crippen molar-refractivity contribution in [1.29, 1.82) is 0 Å². The number of ether oxygens (including phenoxy) is 1. The molecule has 0 fully saturated rings. The van der Waals surface area contributed by atoms with Crippen LogP contribution in [0, 0.1) is 0 Å². The minimum atomic E-state index is 0.889. The molecule has 0 spiro atoms. The van der Waals surface area contributed by atoms with E-state index in [4.69, 9.17) is 9.15 Å². The Labute approximate surface area is 126 Å². The SMILES string of the molecule is CCCN(C/C=C/c1ccco1)Cc1ccccc1OC. The van der Waals surface area contributed by atoms with Gasteiger partial charge in [-0.1, -0.05) is 31.2 Å². The lowest BCUT2D eigenvalue weighted by molar-refractivity contribution is 0.289. The van der Waals surface area contributed by atoms with Crippen molar-refractivity contribution < 1.29 is 9.15 Å². The summed E-state index contributed by atoms with van der Waals surface area (Å²) in [4.78, 5) is 2.40. The van der Waals surface area contributed by atoms with Gasteiger partial charge in [-0.05, 0) is 37.2 Å². The molecule has 21 heavy (non-hydrogen) atoms. The Hall–Kier alpha value is -2.00. The van der Waals surface area contributed by atoms with E-state index >= 15 is 0 Å². The number of furan rings is 1. The zero-order chi connectivity index (χ0) is 14.9. The topological polar surface area (TPSA) is 25.6 Å². The van der Waals surface area contributed by atoms with Crippen molar-refractivity contribution in [2.75, 3.05) is 20.2 Å². The van der Waals surface area contributed by atoms with Crippen LogP contribution >= 0.6 is 0 Å². The molecule has 2 rings (SSSR count). The van der Waals surface area contributed by atoms with Gasteiger partial charge in [0.15, 0.2) is 0 Å². The number of methoxy groups -OCH3 is 1. The average Bonchev–Trinajstić information content (AvgIpc) is 3.01. The van der Waals surface area contributed by atoms with E-state index in [9.17, 15) is 0 Å². The van der Waals surface area contributed by atoms with Crippen molar-refractivity contribution in [3.05, 3.63) is 60.1 Å². The molecule has 0 amide bonds. The van der Waals surface area contributed by atoms with E-state index in [2.05, 4.69) is 30.0 Å². The largest absolute Gasteiger partial charge is 0.496 e. The Morgan fingerprint density at radius 2 is 2.05 bits per heavy atom. The Kier molecular flexibility index (Phi) is 6.10. The molecule has 3 heteroatoms. The van der Waals surface area contributed by atoms with Gasteiger partial charge in [-0.2, -0.15) is 0 Å². The molecular formula is C18H23NO2. The van der Waals surface area contributed by atoms with Gasteiger partial charge in [0.05, 0.1) is 13.4 Å². The molecule has 0 aliphatic heterocycles. The number of rotatable bonds is 8. The first-order valence-corrected chi connectivity index (χ1v) is 7.37. The van der Waals surface area contributed by atoms with Crippen molar-refractivity contribution in [1.82, 2.24) is 4.90 Å². The van der Waals surface area contributed by atoms with E-state index in [1.807, 2.05) is 30.3 Å². The van der Waals surface area contributed by atoms with E-state index in [1.165, 1.54) is 5.56 Å². The van der Waals surface area contributed by atoms with Crippen molar-refractivity contribution >= 4 is 6.08 Å². The van der Waals surface area contributed by atoms with E-state index in [1.54, 1.807) is 13.4 Å². The van der Waals surface area contributed by atoms with Gasteiger partial charge in [0.1, 0.15) is 11.5 Å². The van der Waals surface area contributed by atoms with E-state index in [0.717, 1.165) is 37.6 Å². The molecule has 0 radical (unpaired) electrons. The maximum absolute atomic E-state index is 5.43. The summed E-state index contributed by atoms with van der Waals surface area (Å²) < 4.78 is 10.7. The van der Waals surface area contributed by atoms with Crippen LogP contribution in [0.1, 0.15) is 24.7 Å². The Morgan fingerprint density at radius 1 is 1.19 bits per heavy atom. The van der Waals surface area contributed by atoms with Crippen molar-refractivity contribution in [3.63, 3.8) is 0 Å². The quantitative estimate of drug-likeness (QED) is 0.726. The molecule has 0 saturated carbocycles. The van der Waals surface area contributed by atoms with Crippen LogP contribution in [0.5, 0.6) is 5.75 Å². The first kappa shape index (κ1) is 15.4. The predicted molar refractivity (Wildman–Crippen MR) is 86.3 cm³/mol. The van der Waals surface area contributed by atoms with Gasteiger partial charge in [0.2, 0.25) is 0 Å². The van der Waals surface area contributed by atoms with Gasteiger partial charge < -0.3 is 9.15 Å². The normalized spacial score (nSPS) is 11.4. The highest BCUT2D eigenvalue weighted by Gasteiger charge is 2.07. The molecule has 0 N–H and O–H groups in total. The van der Waals surface area contributed by atoms with Crippen LogP contribution in [0.15, 0.2) is 53.2 Å². The molecule has 0 unspecified atom stereocenters. The summed E-state index contributed by atoms with van der Waals surface area (Å²) in [5, 5.41) is 0. The van der Waals surface area contributed by atoms with Crippen LogP contribution in [0.4, 0.5) is 0 Å². The Morgan fingerprint density at radius 3 is 2.76 bits per heavy atom. The highest BCUT2D eigenvalue weighted by atomic mass is 16.5. The van der Waals surface area contributed by atoms with Gasteiger partial charge in [0.25, 0.3) is 0 Å². The summed E-state index contributed by atoms with van der Waals surface area (Å²) in [6.07, 6.45) is 6.98. The Balaban J connectivity index is 1.98. The highest BCUT2D eigenvalue weighted by molar-refractivity contribution is 5.42. The molecule has 1 aromatic carbocycles.